The molecule has 1 heterocycles. The summed E-state index contributed by atoms with van der Waals surface area (Å²) in [6, 6.07) is 3.13. The third-order valence-corrected chi connectivity index (χ3v) is 3.13. The van der Waals surface area contributed by atoms with Crippen molar-refractivity contribution in [3.05, 3.63) is 42.5 Å². The van der Waals surface area contributed by atoms with Crippen LogP contribution in [0.4, 0.5) is 14.5 Å². The van der Waals surface area contributed by atoms with E-state index >= 15 is 0 Å². The number of piperazine rings is 1. The van der Waals surface area contributed by atoms with Gasteiger partial charge >= 0.3 is 11.8 Å². The minimum atomic E-state index is -1.04. The summed E-state index contributed by atoms with van der Waals surface area (Å²) in [7, 11) is 0. The van der Waals surface area contributed by atoms with E-state index in [0.29, 0.717) is 19.5 Å². The Bertz CT molecular complexity index is 560. The first-order valence-corrected chi connectivity index (χ1v) is 6.21. The highest BCUT2D eigenvalue weighted by Crippen LogP contribution is 2.20. The van der Waals surface area contributed by atoms with Crippen LogP contribution in [0.2, 0.25) is 0 Å². The van der Waals surface area contributed by atoms with Crippen LogP contribution in [0, 0.1) is 11.6 Å². The van der Waals surface area contributed by atoms with E-state index in [-0.39, 0.29) is 12.2 Å². The first-order valence-electron chi connectivity index (χ1n) is 6.21. The van der Waals surface area contributed by atoms with Crippen LogP contribution >= 0.6 is 0 Å². The van der Waals surface area contributed by atoms with Crippen LogP contribution in [0.3, 0.4) is 0 Å². The lowest BCUT2D eigenvalue weighted by Gasteiger charge is -2.33. The minimum Gasteiger partial charge on any atom is -0.332 e. The molecule has 2 rings (SSSR count). The molecule has 1 saturated heterocycles. The lowest BCUT2D eigenvalue weighted by Crippen LogP contribution is -2.54. The van der Waals surface area contributed by atoms with Crippen molar-refractivity contribution in [1.82, 2.24) is 4.90 Å². The van der Waals surface area contributed by atoms with Crippen molar-refractivity contribution in [3.63, 3.8) is 0 Å². The fraction of sp³-hybridized carbons (Fsp3) is 0.286. The number of halogens is 2. The Balaban J connectivity index is 2.16. The van der Waals surface area contributed by atoms with E-state index in [0.717, 1.165) is 17.0 Å². The molecule has 0 bridgehead atoms. The predicted octanol–water partition coefficient (Wildman–Crippen LogP) is 1.72. The van der Waals surface area contributed by atoms with Gasteiger partial charge in [0.15, 0.2) is 11.6 Å². The number of amides is 2. The average Bonchev–Trinajstić information content (AvgIpc) is 2.44. The van der Waals surface area contributed by atoms with Crippen molar-refractivity contribution in [2.75, 3.05) is 24.5 Å². The van der Waals surface area contributed by atoms with Crippen molar-refractivity contribution in [2.24, 2.45) is 0 Å². The smallest absolute Gasteiger partial charge is 0.316 e. The van der Waals surface area contributed by atoms with Gasteiger partial charge in [-0.05, 0) is 18.6 Å². The second-order valence-electron chi connectivity index (χ2n) is 4.42. The maximum absolute atomic E-state index is 13.2. The molecule has 0 aliphatic carbocycles. The number of nitrogens with zero attached hydrogens (tertiary/aromatic N) is 2. The molecule has 0 atom stereocenters. The highest BCUT2D eigenvalue weighted by Gasteiger charge is 2.33. The Labute approximate surface area is 115 Å². The standard InChI is InChI=1S/C14H14F2N2O2/c1-2-3-6-17-7-8-18(14(20)13(17)19)10-4-5-11(15)12(16)9-10/h2,4-5,9H,1,3,6-8H2. The van der Waals surface area contributed by atoms with Gasteiger partial charge in [-0.2, -0.15) is 0 Å². The molecule has 2 amide bonds. The van der Waals surface area contributed by atoms with Gasteiger partial charge in [0.2, 0.25) is 0 Å². The van der Waals surface area contributed by atoms with E-state index in [9.17, 15) is 18.4 Å². The van der Waals surface area contributed by atoms with Gasteiger partial charge < -0.3 is 9.80 Å². The lowest BCUT2D eigenvalue weighted by atomic mass is 10.2. The van der Waals surface area contributed by atoms with Crippen LogP contribution in [-0.4, -0.2) is 36.3 Å². The molecule has 1 aliphatic heterocycles. The molecule has 1 fully saturated rings. The molecule has 0 saturated carbocycles. The van der Waals surface area contributed by atoms with E-state index in [4.69, 9.17) is 0 Å². The second-order valence-corrected chi connectivity index (χ2v) is 4.42. The van der Waals surface area contributed by atoms with Crippen LogP contribution in [0.5, 0.6) is 0 Å². The molecule has 0 aromatic heterocycles. The molecular formula is C14H14F2N2O2. The predicted molar refractivity (Wildman–Crippen MR) is 70.1 cm³/mol. The van der Waals surface area contributed by atoms with E-state index < -0.39 is 23.4 Å². The highest BCUT2D eigenvalue weighted by atomic mass is 19.2. The number of rotatable bonds is 4. The number of hydrogen-bond donors (Lipinski definition) is 0. The number of carbonyl (C=O) groups excluding carboxylic acids is 2. The number of benzene rings is 1. The Morgan fingerprint density at radius 3 is 2.55 bits per heavy atom. The molecule has 0 N–H and O–H groups in total. The van der Waals surface area contributed by atoms with Gasteiger partial charge in [-0.1, -0.05) is 6.08 Å². The van der Waals surface area contributed by atoms with Gasteiger partial charge in [-0.25, -0.2) is 8.78 Å². The fourth-order valence-corrected chi connectivity index (χ4v) is 2.03. The zero-order chi connectivity index (χ0) is 14.7. The van der Waals surface area contributed by atoms with Gasteiger partial charge in [-0.15, -0.1) is 6.58 Å². The van der Waals surface area contributed by atoms with Crippen LogP contribution in [0.25, 0.3) is 0 Å². The van der Waals surface area contributed by atoms with Crippen LogP contribution in [0.1, 0.15) is 6.42 Å². The van der Waals surface area contributed by atoms with Crippen LogP contribution in [0.15, 0.2) is 30.9 Å². The maximum atomic E-state index is 13.2. The van der Waals surface area contributed by atoms with Crippen molar-refractivity contribution < 1.29 is 18.4 Å². The summed E-state index contributed by atoms with van der Waals surface area (Å²) in [5, 5.41) is 0. The zero-order valence-corrected chi connectivity index (χ0v) is 10.8. The fourth-order valence-electron chi connectivity index (χ4n) is 2.03. The van der Waals surface area contributed by atoms with E-state index in [1.54, 1.807) is 6.08 Å². The maximum Gasteiger partial charge on any atom is 0.316 e. The molecule has 1 aliphatic rings. The lowest BCUT2D eigenvalue weighted by molar-refractivity contribution is -0.146. The normalized spacial score (nSPS) is 15.7. The highest BCUT2D eigenvalue weighted by molar-refractivity contribution is 6.40. The first kappa shape index (κ1) is 14.2. The van der Waals surface area contributed by atoms with Crippen molar-refractivity contribution in [3.8, 4) is 0 Å². The first-order chi connectivity index (χ1) is 9.54. The zero-order valence-electron chi connectivity index (χ0n) is 10.8. The van der Waals surface area contributed by atoms with E-state index in [1.165, 1.54) is 11.0 Å². The largest absolute Gasteiger partial charge is 0.332 e. The minimum absolute atomic E-state index is 0.186. The Morgan fingerprint density at radius 1 is 1.15 bits per heavy atom. The summed E-state index contributed by atoms with van der Waals surface area (Å²) in [6.07, 6.45) is 2.27. The second kappa shape index (κ2) is 5.81. The monoisotopic (exact) mass is 280 g/mol. The average molecular weight is 280 g/mol. The summed E-state index contributed by atoms with van der Waals surface area (Å²) < 4.78 is 26.1. The van der Waals surface area contributed by atoms with Gasteiger partial charge in [0.1, 0.15) is 0 Å². The van der Waals surface area contributed by atoms with Gasteiger partial charge in [0.05, 0.1) is 0 Å². The number of anilines is 1. The molecule has 0 unspecified atom stereocenters. The summed E-state index contributed by atoms with van der Waals surface area (Å²) >= 11 is 0. The number of carbonyl (C=O) groups is 2. The SMILES string of the molecule is C=CCCN1CCN(c2ccc(F)c(F)c2)C(=O)C1=O. The molecule has 0 spiro atoms. The van der Waals surface area contributed by atoms with Crippen molar-refractivity contribution in [1.29, 1.82) is 0 Å². The van der Waals surface area contributed by atoms with Gasteiger partial charge in [0, 0.05) is 31.4 Å². The number of hydrogen-bond acceptors (Lipinski definition) is 2. The third-order valence-electron chi connectivity index (χ3n) is 3.13. The molecular weight excluding hydrogens is 266 g/mol. The van der Waals surface area contributed by atoms with Gasteiger partial charge in [0.25, 0.3) is 0 Å². The topological polar surface area (TPSA) is 40.6 Å². The molecule has 106 valence electrons. The third kappa shape index (κ3) is 2.68. The summed E-state index contributed by atoms with van der Waals surface area (Å²) in [6.45, 7) is 4.60. The van der Waals surface area contributed by atoms with Crippen LogP contribution < -0.4 is 4.90 Å². The van der Waals surface area contributed by atoms with Crippen LogP contribution in [-0.2, 0) is 9.59 Å². The Hall–Kier alpha value is -2.24. The molecule has 6 heteroatoms. The quantitative estimate of drug-likeness (QED) is 0.622. The molecule has 4 nitrogen and oxygen atoms in total. The summed E-state index contributed by atoms with van der Waals surface area (Å²) in [4.78, 5) is 26.5. The van der Waals surface area contributed by atoms with Crippen molar-refractivity contribution >= 4 is 17.5 Å². The van der Waals surface area contributed by atoms with E-state index in [1.807, 2.05) is 0 Å². The molecule has 20 heavy (non-hydrogen) atoms. The molecule has 0 radical (unpaired) electrons. The molecule has 1 aromatic rings. The molecule has 1 aromatic carbocycles. The Morgan fingerprint density at radius 2 is 1.90 bits per heavy atom. The van der Waals surface area contributed by atoms with Crippen molar-refractivity contribution in [2.45, 2.75) is 6.42 Å². The summed E-state index contributed by atoms with van der Waals surface area (Å²) in [5.41, 5.74) is 0.186. The summed E-state index contributed by atoms with van der Waals surface area (Å²) in [5.74, 6) is -3.40. The van der Waals surface area contributed by atoms with E-state index in [2.05, 4.69) is 6.58 Å². The Kier molecular flexibility index (Phi) is 4.12. The van der Waals surface area contributed by atoms with Gasteiger partial charge in [-0.3, -0.25) is 9.59 Å².